The lowest BCUT2D eigenvalue weighted by molar-refractivity contribution is 0.226. The summed E-state index contributed by atoms with van der Waals surface area (Å²) in [4.78, 5) is 0.231. The van der Waals surface area contributed by atoms with Crippen LogP contribution in [0.2, 0.25) is 0 Å². The highest BCUT2D eigenvalue weighted by Gasteiger charge is 2.31. The average Bonchev–Trinajstić information content (AvgIpc) is 2.47. The van der Waals surface area contributed by atoms with E-state index < -0.39 is 10.0 Å². The second kappa shape index (κ2) is 6.59. The zero-order valence-corrected chi connectivity index (χ0v) is 13.4. The molecule has 1 aromatic carbocycles. The molecule has 0 radical (unpaired) electrons. The van der Waals surface area contributed by atoms with E-state index in [1.165, 1.54) is 30.7 Å². The van der Waals surface area contributed by atoms with Crippen molar-refractivity contribution in [2.75, 3.05) is 0 Å². The Kier molecular flexibility index (Phi) is 5.02. The third kappa shape index (κ3) is 3.84. The van der Waals surface area contributed by atoms with E-state index in [1.807, 2.05) is 6.07 Å². The second-order valence-electron chi connectivity index (χ2n) is 6.06. The molecule has 1 aliphatic carbocycles. The van der Waals surface area contributed by atoms with Crippen molar-refractivity contribution >= 4 is 10.0 Å². The number of nitrogens with zero attached hydrogens (tertiary/aromatic N) is 1. The van der Waals surface area contributed by atoms with Gasteiger partial charge in [0.1, 0.15) is 0 Å². The summed E-state index contributed by atoms with van der Waals surface area (Å²) in [6.07, 6.45) is 4.23. The molecule has 0 aromatic heterocycles. The molecule has 1 N–H and O–H groups in total. The summed E-state index contributed by atoms with van der Waals surface area (Å²) in [5, 5.41) is 8.77. The molecular weight excluding hydrogens is 284 g/mol. The monoisotopic (exact) mass is 306 g/mol. The van der Waals surface area contributed by atoms with E-state index in [9.17, 15) is 8.42 Å². The molecule has 1 aromatic rings. The van der Waals surface area contributed by atoms with Gasteiger partial charge in [-0.05, 0) is 48.9 Å². The lowest BCUT2D eigenvalue weighted by Gasteiger charge is -2.34. The maximum absolute atomic E-state index is 12.5. The number of rotatable bonds is 4. The van der Waals surface area contributed by atoms with Gasteiger partial charge < -0.3 is 0 Å². The van der Waals surface area contributed by atoms with Crippen molar-refractivity contribution in [1.82, 2.24) is 4.72 Å². The Morgan fingerprint density at radius 1 is 1.19 bits per heavy atom. The summed E-state index contributed by atoms with van der Waals surface area (Å²) in [5.74, 6) is 0.867. The molecule has 1 saturated carbocycles. The smallest absolute Gasteiger partial charge is 0.208 e. The summed E-state index contributed by atoms with van der Waals surface area (Å²) >= 11 is 0. The minimum Gasteiger partial charge on any atom is -0.208 e. The molecule has 5 heteroatoms. The molecule has 114 valence electrons. The Morgan fingerprint density at radius 2 is 1.81 bits per heavy atom. The summed E-state index contributed by atoms with van der Waals surface area (Å²) < 4.78 is 27.8. The highest BCUT2D eigenvalue weighted by atomic mass is 32.2. The normalized spacial score (nSPS) is 23.0. The largest absolute Gasteiger partial charge is 0.240 e. The zero-order valence-electron chi connectivity index (χ0n) is 12.5. The van der Waals surface area contributed by atoms with Crippen LogP contribution in [-0.2, 0) is 10.0 Å². The number of benzene rings is 1. The van der Waals surface area contributed by atoms with E-state index in [1.54, 1.807) is 0 Å². The van der Waals surface area contributed by atoms with Crippen molar-refractivity contribution in [3.63, 3.8) is 0 Å². The predicted octanol–water partition coefficient (Wildman–Crippen LogP) is 3.05. The third-order valence-corrected chi connectivity index (χ3v) is 5.78. The van der Waals surface area contributed by atoms with Crippen LogP contribution in [0.1, 0.15) is 45.1 Å². The quantitative estimate of drug-likeness (QED) is 0.929. The van der Waals surface area contributed by atoms with Gasteiger partial charge in [0.25, 0.3) is 0 Å². The highest BCUT2D eigenvalue weighted by Crippen LogP contribution is 2.31. The van der Waals surface area contributed by atoms with Gasteiger partial charge in [0.2, 0.25) is 10.0 Å². The van der Waals surface area contributed by atoms with Crippen LogP contribution in [0.4, 0.5) is 0 Å². The van der Waals surface area contributed by atoms with E-state index in [-0.39, 0.29) is 10.9 Å². The molecule has 0 heterocycles. The van der Waals surface area contributed by atoms with Crippen molar-refractivity contribution in [1.29, 1.82) is 5.26 Å². The zero-order chi connectivity index (χ0) is 15.5. The fourth-order valence-corrected chi connectivity index (χ4v) is 4.40. The molecule has 4 nitrogen and oxygen atoms in total. The standard InChI is InChI=1S/C16H22N2O2S/c1-12(2)15-5-3-4-6-16(15)18-21(19,20)14-9-7-13(11-17)8-10-14/h7-10,12,15-16,18H,3-6H2,1-2H3. The van der Waals surface area contributed by atoms with E-state index in [4.69, 9.17) is 5.26 Å². The van der Waals surface area contributed by atoms with Crippen LogP contribution in [-0.4, -0.2) is 14.5 Å². The average molecular weight is 306 g/mol. The molecule has 2 unspecified atom stereocenters. The molecule has 0 amide bonds. The molecule has 1 fully saturated rings. The van der Waals surface area contributed by atoms with Gasteiger partial charge in [-0.3, -0.25) is 0 Å². The van der Waals surface area contributed by atoms with E-state index in [0.717, 1.165) is 19.3 Å². The Morgan fingerprint density at radius 3 is 2.38 bits per heavy atom. The van der Waals surface area contributed by atoms with Gasteiger partial charge >= 0.3 is 0 Å². The SMILES string of the molecule is CC(C)C1CCCCC1NS(=O)(=O)c1ccc(C#N)cc1. The fraction of sp³-hybridized carbons (Fsp3) is 0.562. The van der Waals surface area contributed by atoms with Crippen LogP contribution < -0.4 is 4.72 Å². The van der Waals surface area contributed by atoms with Crippen LogP contribution in [0.15, 0.2) is 29.2 Å². The third-order valence-electron chi connectivity index (χ3n) is 4.28. The minimum atomic E-state index is -3.51. The first-order valence-corrected chi connectivity index (χ1v) is 8.95. The number of hydrogen-bond acceptors (Lipinski definition) is 3. The van der Waals surface area contributed by atoms with Gasteiger partial charge in [-0.25, -0.2) is 13.1 Å². The predicted molar refractivity (Wildman–Crippen MR) is 82.1 cm³/mol. The van der Waals surface area contributed by atoms with Gasteiger partial charge in [-0.2, -0.15) is 5.26 Å². The molecular formula is C16H22N2O2S. The van der Waals surface area contributed by atoms with Crippen molar-refractivity contribution < 1.29 is 8.42 Å². The first-order valence-electron chi connectivity index (χ1n) is 7.46. The molecule has 0 bridgehead atoms. The molecule has 2 atom stereocenters. The Labute approximate surface area is 127 Å². The highest BCUT2D eigenvalue weighted by molar-refractivity contribution is 7.89. The van der Waals surface area contributed by atoms with Gasteiger partial charge in [0.15, 0.2) is 0 Å². The Balaban J connectivity index is 2.17. The van der Waals surface area contributed by atoms with Gasteiger partial charge in [-0.1, -0.05) is 26.7 Å². The van der Waals surface area contributed by atoms with E-state index in [0.29, 0.717) is 17.4 Å². The topological polar surface area (TPSA) is 70.0 Å². The number of nitrogens with one attached hydrogen (secondary N) is 1. The Hall–Kier alpha value is -1.38. The first kappa shape index (κ1) is 16.0. The van der Waals surface area contributed by atoms with Crippen molar-refractivity contribution in [2.24, 2.45) is 11.8 Å². The van der Waals surface area contributed by atoms with Crippen LogP contribution in [0, 0.1) is 23.2 Å². The van der Waals surface area contributed by atoms with Gasteiger partial charge in [-0.15, -0.1) is 0 Å². The van der Waals surface area contributed by atoms with Crippen molar-refractivity contribution in [2.45, 2.75) is 50.5 Å². The van der Waals surface area contributed by atoms with Gasteiger partial charge in [0.05, 0.1) is 16.5 Å². The summed E-state index contributed by atoms with van der Waals surface area (Å²) in [7, 11) is -3.51. The summed E-state index contributed by atoms with van der Waals surface area (Å²) in [6, 6.07) is 8.07. The maximum Gasteiger partial charge on any atom is 0.240 e. The van der Waals surface area contributed by atoms with E-state index >= 15 is 0 Å². The van der Waals surface area contributed by atoms with Crippen LogP contribution in [0.5, 0.6) is 0 Å². The molecule has 2 rings (SSSR count). The lowest BCUT2D eigenvalue weighted by Crippen LogP contribution is -2.43. The van der Waals surface area contributed by atoms with Crippen LogP contribution in [0.3, 0.4) is 0 Å². The molecule has 21 heavy (non-hydrogen) atoms. The molecule has 0 aliphatic heterocycles. The summed E-state index contributed by atoms with van der Waals surface area (Å²) in [6.45, 7) is 4.30. The minimum absolute atomic E-state index is 0.0133. The second-order valence-corrected chi connectivity index (χ2v) is 7.77. The van der Waals surface area contributed by atoms with Crippen molar-refractivity contribution in [3.05, 3.63) is 29.8 Å². The van der Waals surface area contributed by atoms with Crippen molar-refractivity contribution in [3.8, 4) is 6.07 Å². The first-order chi connectivity index (χ1) is 9.94. The number of nitriles is 1. The number of sulfonamides is 1. The fourth-order valence-electron chi connectivity index (χ4n) is 3.08. The van der Waals surface area contributed by atoms with Crippen LogP contribution in [0.25, 0.3) is 0 Å². The number of hydrogen-bond donors (Lipinski definition) is 1. The molecule has 0 spiro atoms. The van der Waals surface area contributed by atoms with E-state index in [2.05, 4.69) is 18.6 Å². The Bertz CT molecular complexity index is 615. The summed E-state index contributed by atoms with van der Waals surface area (Å²) in [5.41, 5.74) is 0.465. The van der Waals surface area contributed by atoms with Crippen LogP contribution >= 0.6 is 0 Å². The lowest BCUT2D eigenvalue weighted by atomic mass is 9.78. The maximum atomic E-state index is 12.5. The van der Waals surface area contributed by atoms with Gasteiger partial charge in [0, 0.05) is 6.04 Å². The molecule has 0 saturated heterocycles. The molecule has 1 aliphatic rings.